The fourth-order valence-corrected chi connectivity index (χ4v) is 3.40. The van der Waals surface area contributed by atoms with Crippen LogP contribution >= 0.6 is 23.2 Å². The zero-order chi connectivity index (χ0) is 22.3. The third-order valence-corrected chi connectivity index (χ3v) is 5.79. The molecule has 0 saturated heterocycles. The molecule has 0 saturated carbocycles. The highest BCUT2D eigenvalue weighted by atomic mass is 35.5. The van der Waals surface area contributed by atoms with E-state index in [1.807, 2.05) is 20.8 Å². The number of nitrogens with one attached hydrogen (secondary N) is 2. The van der Waals surface area contributed by atoms with Gasteiger partial charge in [0.05, 0.1) is 19.7 Å². The van der Waals surface area contributed by atoms with Crippen molar-refractivity contribution >= 4 is 46.4 Å². The molecule has 0 bridgehead atoms. The molecule has 162 valence electrons. The molecule has 2 amide bonds. The number of carbonyl (C=O) groups excluding carboxylic acids is 2. The summed E-state index contributed by atoms with van der Waals surface area (Å²) in [7, 11) is 0. The summed E-state index contributed by atoms with van der Waals surface area (Å²) >= 11 is 12.2. The van der Waals surface area contributed by atoms with Crippen molar-refractivity contribution in [3.05, 3.63) is 57.6 Å². The van der Waals surface area contributed by atoms with Crippen molar-refractivity contribution in [2.75, 3.05) is 30.3 Å². The van der Waals surface area contributed by atoms with Gasteiger partial charge in [-0.25, -0.2) is 0 Å². The lowest BCUT2D eigenvalue weighted by atomic mass is 10.1. The van der Waals surface area contributed by atoms with Crippen LogP contribution in [0.3, 0.4) is 0 Å². The minimum atomic E-state index is -0.331. The fourth-order valence-electron chi connectivity index (χ4n) is 3.05. The minimum absolute atomic E-state index is 0.0486. The van der Waals surface area contributed by atoms with Gasteiger partial charge in [0, 0.05) is 27.5 Å². The first kappa shape index (κ1) is 24.2. The molecule has 2 rings (SSSR count). The summed E-state index contributed by atoms with van der Waals surface area (Å²) in [6, 6.07) is 10.2. The van der Waals surface area contributed by atoms with E-state index in [-0.39, 0.29) is 37.6 Å². The van der Waals surface area contributed by atoms with Crippen LogP contribution in [0, 0.1) is 13.8 Å². The molecular weight excluding hydrogens is 425 g/mol. The summed E-state index contributed by atoms with van der Waals surface area (Å²) in [6.07, 6.45) is 0.587. The maximum atomic E-state index is 12.6. The maximum Gasteiger partial charge on any atom is 0.238 e. The van der Waals surface area contributed by atoms with Gasteiger partial charge in [-0.3, -0.25) is 14.5 Å². The molecule has 0 aromatic heterocycles. The number of benzene rings is 2. The van der Waals surface area contributed by atoms with Crippen LogP contribution in [-0.2, 0) is 9.59 Å². The van der Waals surface area contributed by atoms with Crippen LogP contribution in [0.2, 0.25) is 10.0 Å². The Morgan fingerprint density at radius 2 is 1.37 bits per heavy atom. The van der Waals surface area contributed by atoms with Gasteiger partial charge in [-0.2, -0.15) is 0 Å². The second-order valence-corrected chi connectivity index (χ2v) is 7.89. The number of halogens is 2. The molecule has 2 aromatic rings. The summed E-state index contributed by atoms with van der Waals surface area (Å²) < 4.78 is 0. The van der Waals surface area contributed by atoms with Gasteiger partial charge < -0.3 is 15.7 Å². The predicted octanol–water partition coefficient (Wildman–Crippen LogP) is 4.26. The van der Waals surface area contributed by atoms with E-state index >= 15 is 0 Å². The normalized spacial score (nSPS) is 12.0. The van der Waals surface area contributed by atoms with E-state index in [0.29, 0.717) is 27.8 Å². The van der Waals surface area contributed by atoms with Gasteiger partial charge in [-0.1, -0.05) is 42.3 Å². The van der Waals surface area contributed by atoms with Crippen LogP contribution in [0.15, 0.2) is 36.4 Å². The lowest BCUT2D eigenvalue weighted by Gasteiger charge is -2.28. The number of hydrogen-bond donors (Lipinski definition) is 3. The number of rotatable bonds is 9. The molecule has 0 aliphatic carbocycles. The Balaban J connectivity index is 2.09. The van der Waals surface area contributed by atoms with Gasteiger partial charge in [0.25, 0.3) is 0 Å². The van der Waals surface area contributed by atoms with Crippen molar-refractivity contribution in [2.24, 2.45) is 0 Å². The van der Waals surface area contributed by atoms with E-state index < -0.39 is 0 Å². The molecule has 30 heavy (non-hydrogen) atoms. The van der Waals surface area contributed by atoms with Crippen molar-refractivity contribution < 1.29 is 14.7 Å². The van der Waals surface area contributed by atoms with Crippen molar-refractivity contribution in [3.8, 4) is 0 Å². The third-order valence-electron chi connectivity index (χ3n) is 4.98. The summed E-state index contributed by atoms with van der Waals surface area (Å²) in [4.78, 5) is 26.9. The van der Waals surface area contributed by atoms with Crippen LogP contribution in [0.25, 0.3) is 0 Å². The van der Waals surface area contributed by atoms with Crippen molar-refractivity contribution in [2.45, 2.75) is 33.2 Å². The molecule has 0 aliphatic heterocycles. The zero-order valence-corrected chi connectivity index (χ0v) is 18.8. The number of aliphatic hydroxyl groups excluding tert-OH is 1. The van der Waals surface area contributed by atoms with E-state index in [1.165, 1.54) is 0 Å². The molecule has 0 aliphatic rings. The van der Waals surface area contributed by atoms with Crippen molar-refractivity contribution in [1.82, 2.24) is 4.90 Å². The quantitative estimate of drug-likeness (QED) is 0.531. The molecule has 8 heteroatoms. The Morgan fingerprint density at radius 3 is 1.73 bits per heavy atom. The van der Waals surface area contributed by atoms with E-state index in [0.717, 1.165) is 11.1 Å². The second-order valence-electron chi connectivity index (χ2n) is 7.07. The van der Waals surface area contributed by atoms with Gasteiger partial charge in [-0.05, 0) is 55.7 Å². The third kappa shape index (κ3) is 6.44. The number of nitrogens with zero attached hydrogens (tertiary/aromatic N) is 1. The first-order valence-electron chi connectivity index (χ1n) is 9.71. The molecule has 6 nitrogen and oxygen atoms in total. The summed E-state index contributed by atoms with van der Waals surface area (Å²) in [5.41, 5.74) is 2.76. The van der Waals surface area contributed by atoms with Crippen LogP contribution < -0.4 is 10.6 Å². The Bertz CT molecular complexity index is 834. The topological polar surface area (TPSA) is 81.7 Å². The Hall–Kier alpha value is -2.12. The molecular formula is C22H27Cl2N3O3. The molecule has 3 N–H and O–H groups in total. The molecule has 1 atom stereocenters. The Morgan fingerprint density at radius 1 is 0.933 bits per heavy atom. The van der Waals surface area contributed by atoms with Gasteiger partial charge in [-0.15, -0.1) is 0 Å². The second kappa shape index (κ2) is 11.3. The van der Waals surface area contributed by atoms with E-state index in [1.54, 1.807) is 41.3 Å². The smallest absolute Gasteiger partial charge is 0.238 e. The standard InChI is InChI=1S/C22H27Cl2N3O3/c1-4-16(13-28)27(11-21(29)25-19-9-5-7-17(23)14(19)2)12-22(30)26-20-10-6-8-18(24)15(20)3/h5-10,16,28H,4,11-13H2,1-3H3,(H,25,29)(H,26,30). The van der Waals surface area contributed by atoms with Gasteiger partial charge >= 0.3 is 0 Å². The number of hydrogen-bond acceptors (Lipinski definition) is 4. The first-order valence-corrected chi connectivity index (χ1v) is 10.5. The lowest BCUT2D eigenvalue weighted by molar-refractivity contribution is -0.121. The highest BCUT2D eigenvalue weighted by Crippen LogP contribution is 2.24. The molecule has 0 fully saturated rings. The number of amides is 2. The number of anilines is 2. The van der Waals surface area contributed by atoms with Gasteiger partial charge in [0.15, 0.2) is 0 Å². The Kier molecular flexibility index (Phi) is 9.11. The van der Waals surface area contributed by atoms with Crippen molar-refractivity contribution in [1.29, 1.82) is 0 Å². The number of carbonyl (C=O) groups is 2. The van der Waals surface area contributed by atoms with Crippen LogP contribution in [0.4, 0.5) is 11.4 Å². The molecule has 2 aromatic carbocycles. The lowest BCUT2D eigenvalue weighted by Crippen LogP contribution is -2.46. The minimum Gasteiger partial charge on any atom is -0.395 e. The molecule has 0 radical (unpaired) electrons. The largest absolute Gasteiger partial charge is 0.395 e. The summed E-state index contributed by atoms with van der Waals surface area (Å²) in [6.45, 7) is 5.27. The first-order chi connectivity index (χ1) is 14.3. The highest BCUT2D eigenvalue weighted by Gasteiger charge is 2.22. The predicted molar refractivity (Wildman–Crippen MR) is 122 cm³/mol. The summed E-state index contributed by atoms with van der Waals surface area (Å²) in [5, 5.41) is 16.5. The average Bonchev–Trinajstić information content (AvgIpc) is 2.70. The zero-order valence-electron chi connectivity index (χ0n) is 17.3. The maximum absolute atomic E-state index is 12.6. The van der Waals surface area contributed by atoms with Crippen LogP contribution in [0.5, 0.6) is 0 Å². The fraction of sp³-hybridized carbons (Fsp3) is 0.364. The average molecular weight is 452 g/mol. The Labute approximate surface area is 187 Å². The molecule has 0 heterocycles. The highest BCUT2D eigenvalue weighted by molar-refractivity contribution is 6.32. The molecule has 1 unspecified atom stereocenters. The van der Waals surface area contributed by atoms with Crippen molar-refractivity contribution in [3.63, 3.8) is 0 Å². The SMILES string of the molecule is CCC(CO)N(CC(=O)Nc1cccc(Cl)c1C)CC(=O)Nc1cccc(Cl)c1C. The molecule has 0 spiro atoms. The van der Waals surface area contributed by atoms with E-state index in [2.05, 4.69) is 10.6 Å². The number of aliphatic hydroxyl groups is 1. The van der Waals surface area contributed by atoms with Gasteiger partial charge in [0.2, 0.25) is 11.8 Å². The van der Waals surface area contributed by atoms with Crippen LogP contribution in [0.1, 0.15) is 24.5 Å². The van der Waals surface area contributed by atoms with E-state index in [4.69, 9.17) is 23.2 Å². The van der Waals surface area contributed by atoms with Crippen LogP contribution in [-0.4, -0.2) is 47.6 Å². The monoisotopic (exact) mass is 451 g/mol. The van der Waals surface area contributed by atoms with Gasteiger partial charge in [0.1, 0.15) is 0 Å². The van der Waals surface area contributed by atoms with E-state index in [9.17, 15) is 14.7 Å². The summed E-state index contributed by atoms with van der Waals surface area (Å²) in [5.74, 6) is -0.585.